The highest BCUT2D eigenvalue weighted by Gasteiger charge is 2.26. The predicted octanol–water partition coefficient (Wildman–Crippen LogP) is 1.08. The first-order chi connectivity index (χ1) is 9.56. The van der Waals surface area contributed by atoms with Gasteiger partial charge in [-0.2, -0.15) is 0 Å². The topological polar surface area (TPSA) is 96.5 Å². The molecule has 0 aliphatic carbocycles. The Bertz CT molecular complexity index is 484. The monoisotopic (exact) mass is 295 g/mol. The van der Waals surface area contributed by atoms with Crippen molar-refractivity contribution in [1.82, 2.24) is 9.88 Å². The van der Waals surface area contributed by atoms with Gasteiger partial charge in [0, 0.05) is 24.2 Å². The van der Waals surface area contributed by atoms with Gasteiger partial charge in [-0.1, -0.05) is 0 Å². The molecular formula is C13H17N3O3S. The zero-order valence-electron chi connectivity index (χ0n) is 11.0. The Morgan fingerprint density at radius 1 is 1.40 bits per heavy atom. The van der Waals surface area contributed by atoms with Crippen LogP contribution in [0.2, 0.25) is 0 Å². The summed E-state index contributed by atoms with van der Waals surface area (Å²) in [6, 6.07) is 3.53. The highest BCUT2D eigenvalue weighted by Crippen LogP contribution is 2.21. The van der Waals surface area contributed by atoms with Crippen LogP contribution in [0.15, 0.2) is 23.2 Å². The molecule has 0 unspecified atom stereocenters. The summed E-state index contributed by atoms with van der Waals surface area (Å²) in [5, 5.41) is 8.91. The van der Waals surface area contributed by atoms with Gasteiger partial charge < -0.3 is 15.7 Å². The molecular weight excluding hydrogens is 278 g/mol. The number of hydrogen-bond donors (Lipinski definition) is 2. The van der Waals surface area contributed by atoms with E-state index in [0.29, 0.717) is 37.5 Å². The number of carbonyl (C=O) groups is 2. The van der Waals surface area contributed by atoms with Crippen molar-refractivity contribution in [3.05, 3.63) is 18.3 Å². The van der Waals surface area contributed by atoms with Gasteiger partial charge in [0.2, 0.25) is 5.91 Å². The van der Waals surface area contributed by atoms with Gasteiger partial charge in [-0.25, -0.2) is 4.98 Å². The Morgan fingerprint density at radius 2 is 2.10 bits per heavy atom. The molecule has 0 saturated carbocycles. The number of carboxylic acid groups (broad SMARTS) is 1. The lowest BCUT2D eigenvalue weighted by Gasteiger charge is -2.30. The van der Waals surface area contributed by atoms with E-state index in [-0.39, 0.29) is 11.8 Å². The summed E-state index contributed by atoms with van der Waals surface area (Å²) in [6.07, 6.45) is 2.72. The maximum absolute atomic E-state index is 12.0. The summed E-state index contributed by atoms with van der Waals surface area (Å²) < 4.78 is 0. The Morgan fingerprint density at radius 3 is 2.65 bits per heavy atom. The highest BCUT2D eigenvalue weighted by atomic mass is 32.2. The fraction of sp³-hybridized carbons (Fsp3) is 0.462. The van der Waals surface area contributed by atoms with E-state index >= 15 is 0 Å². The van der Waals surface area contributed by atoms with E-state index in [0.717, 1.165) is 4.90 Å². The SMILES string of the molecule is Nc1ccc(SCC(=O)N2CCC(C(=O)O)CC2)cn1. The largest absolute Gasteiger partial charge is 0.481 e. The van der Waals surface area contributed by atoms with Crippen LogP contribution in [0.25, 0.3) is 0 Å². The minimum absolute atomic E-state index is 0.0377. The second kappa shape index (κ2) is 6.60. The molecule has 2 heterocycles. The fourth-order valence-electron chi connectivity index (χ4n) is 2.09. The number of carbonyl (C=O) groups excluding carboxylic acids is 1. The normalized spacial score (nSPS) is 16.1. The van der Waals surface area contributed by atoms with Crippen LogP contribution in [0.5, 0.6) is 0 Å². The minimum atomic E-state index is -0.764. The van der Waals surface area contributed by atoms with Crippen LogP contribution < -0.4 is 5.73 Å². The fourth-order valence-corrected chi connectivity index (χ4v) is 2.85. The number of carboxylic acids is 1. The number of anilines is 1. The van der Waals surface area contributed by atoms with Crippen LogP contribution in [0, 0.1) is 5.92 Å². The van der Waals surface area contributed by atoms with Crippen LogP contribution in [-0.4, -0.2) is 45.7 Å². The van der Waals surface area contributed by atoms with Crippen molar-refractivity contribution in [3.63, 3.8) is 0 Å². The second-order valence-electron chi connectivity index (χ2n) is 4.70. The van der Waals surface area contributed by atoms with Gasteiger partial charge in [-0.05, 0) is 25.0 Å². The summed E-state index contributed by atoms with van der Waals surface area (Å²) in [4.78, 5) is 29.5. The number of piperidine rings is 1. The van der Waals surface area contributed by atoms with E-state index in [4.69, 9.17) is 10.8 Å². The summed E-state index contributed by atoms with van der Waals surface area (Å²) >= 11 is 1.41. The molecule has 6 nitrogen and oxygen atoms in total. The maximum atomic E-state index is 12.0. The number of pyridine rings is 1. The van der Waals surface area contributed by atoms with Gasteiger partial charge in [-0.15, -0.1) is 11.8 Å². The quantitative estimate of drug-likeness (QED) is 0.807. The van der Waals surface area contributed by atoms with E-state index in [1.54, 1.807) is 17.2 Å². The van der Waals surface area contributed by atoms with Crippen LogP contribution >= 0.6 is 11.8 Å². The standard InChI is InChI=1S/C13H17N3O3S/c14-11-2-1-10(7-15-11)20-8-12(17)16-5-3-9(4-6-16)13(18)19/h1-2,7,9H,3-6,8H2,(H2,14,15)(H,18,19). The molecule has 1 aliphatic rings. The van der Waals surface area contributed by atoms with Gasteiger partial charge in [-0.3, -0.25) is 9.59 Å². The molecule has 1 aromatic heterocycles. The van der Waals surface area contributed by atoms with Crippen molar-refractivity contribution in [2.24, 2.45) is 5.92 Å². The number of rotatable bonds is 4. The van der Waals surface area contributed by atoms with Gasteiger partial charge in [0.15, 0.2) is 0 Å². The lowest BCUT2D eigenvalue weighted by Crippen LogP contribution is -2.41. The first-order valence-corrected chi connectivity index (χ1v) is 7.39. The number of nitrogens with zero attached hydrogens (tertiary/aromatic N) is 2. The van der Waals surface area contributed by atoms with E-state index in [2.05, 4.69) is 4.98 Å². The number of nitrogen functional groups attached to an aromatic ring is 1. The molecule has 7 heteroatoms. The number of hydrogen-bond acceptors (Lipinski definition) is 5. The van der Waals surface area contributed by atoms with Crippen molar-refractivity contribution >= 4 is 29.5 Å². The first-order valence-electron chi connectivity index (χ1n) is 6.41. The predicted molar refractivity (Wildman–Crippen MR) is 76.3 cm³/mol. The van der Waals surface area contributed by atoms with Crippen molar-refractivity contribution in [3.8, 4) is 0 Å². The van der Waals surface area contributed by atoms with Crippen molar-refractivity contribution in [2.45, 2.75) is 17.7 Å². The Balaban J connectivity index is 1.78. The molecule has 3 N–H and O–H groups in total. The van der Waals surface area contributed by atoms with Crippen LogP contribution in [0.3, 0.4) is 0 Å². The van der Waals surface area contributed by atoms with E-state index < -0.39 is 5.97 Å². The number of likely N-dealkylation sites (tertiary alicyclic amines) is 1. The van der Waals surface area contributed by atoms with E-state index in [1.807, 2.05) is 6.07 Å². The molecule has 0 spiro atoms. The van der Waals surface area contributed by atoms with E-state index in [9.17, 15) is 9.59 Å². The third kappa shape index (κ3) is 3.86. The summed E-state index contributed by atoms with van der Waals surface area (Å²) in [5.41, 5.74) is 5.49. The molecule has 0 atom stereocenters. The number of amides is 1. The van der Waals surface area contributed by atoms with Gasteiger partial charge >= 0.3 is 5.97 Å². The number of thioether (sulfide) groups is 1. The summed E-state index contributed by atoms with van der Waals surface area (Å²) in [6.45, 7) is 1.05. The molecule has 0 aromatic carbocycles. The molecule has 1 fully saturated rings. The number of nitrogens with two attached hydrogens (primary N) is 1. The molecule has 108 valence electrons. The molecule has 1 saturated heterocycles. The zero-order chi connectivity index (χ0) is 14.5. The summed E-state index contributed by atoms with van der Waals surface area (Å²) in [7, 11) is 0. The third-order valence-corrected chi connectivity index (χ3v) is 4.28. The summed E-state index contributed by atoms with van der Waals surface area (Å²) in [5.74, 6) is -0.247. The molecule has 1 aliphatic heterocycles. The maximum Gasteiger partial charge on any atom is 0.306 e. The first kappa shape index (κ1) is 14.6. The van der Waals surface area contributed by atoms with E-state index in [1.165, 1.54) is 11.8 Å². The smallest absolute Gasteiger partial charge is 0.306 e. The van der Waals surface area contributed by atoms with Crippen molar-refractivity contribution in [2.75, 3.05) is 24.6 Å². The Labute approximate surface area is 121 Å². The zero-order valence-corrected chi connectivity index (χ0v) is 11.8. The molecule has 1 amide bonds. The lowest BCUT2D eigenvalue weighted by atomic mass is 9.97. The molecule has 0 bridgehead atoms. The third-order valence-electron chi connectivity index (χ3n) is 3.32. The Hall–Kier alpha value is -1.76. The van der Waals surface area contributed by atoms with Crippen LogP contribution in [0.1, 0.15) is 12.8 Å². The average Bonchev–Trinajstić information content (AvgIpc) is 2.46. The minimum Gasteiger partial charge on any atom is -0.481 e. The van der Waals surface area contributed by atoms with Crippen LogP contribution in [-0.2, 0) is 9.59 Å². The molecule has 0 radical (unpaired) electrons. The van der Waals surface area contributed by atoms with Crippen LogP contribution in [0.4, 0.5) is 5.82 Å². The number of aromatic nitrogens is 1. The molecule has 20 heavy (non-hydrogen) atoms. The lowest BCUT2D eigenvalue weighted by molar-refractivity contribution is -0.145. The van der Waals surface area contributed by atoms with Gasteiger partial charge in [0.25, 0.3) is 0 Å². The molecule has 2 rings (SSSR count). The molecule has 1 aromatic rings. The average molecular weight is 295 g/mol. The van der Waals surface area contributed by atoms with Crippen molar-refractivity contribution < 1.29 is 14.7 Å². The second-order valence-corrected chi connectivity index (χ2v) is 5.75. The van der Waals surface area contributed by atoms with Crippen molar-refractivity contribution in [1.29, 1.82) is 0 Å². The van der Waals surface area contributed by atoms with Gasteiger partial charge in [0.1, 0.15) is 5.82 Å². The number of aliphatic carboxylic acids is 1. The van der Waals surface area contributed by atoms with Gasteiger partial charge in [0.05, 0.1) is 11.7 Å². The Kier molecular flexibility index (Phi) is 4.84. The highest BCUT2D eigenvalue weighted by molar-refractivity contribution is 8.00.